The zero-order chi connectivity index (χ0) is 17.9. The minimum Gasteiger partial charge on any atom is -0.457 e. The van der Waals surface area contributed by atoms with Crippen LogP contribution in [0.4, 0.5) is 0 Å². The van der Waals surface area contributed by atoms with Gasteiger partial charge in [0.1, 0.15) is 17.6 Å². The number of benzene rings is 2. The first-order valence-corrected chi connectivity index (χ1v) is 9.15. The van der Waals surface area contributed by atoms with Crippen LogP contribution in [0.5, 0.6) is 0 Å². The number of allylic oxidation sites excluding steroid dienone is 1. The van der Waals surface area contributed by atoms with E-state index in [2.05, 4.69) is 0 Å². The molecule has 1 heterocycles. The summed E-state index contributed by atoms with van der Waals surface area (Å²) in [7, 11) is -3.90. The molecule has 25 heavy (non-hydrogen) atoms. The van der Waals surface area contributed by atoms with E-state index >= 15 is 0 Å². The standard InChI is InChI=1S/C19H12ClNO3S/c20-18-9-5-4-8-17(18)19-11-10-14(24-19)12-16(13-21)25(22,23)15-6-2-1-3-7-15/h1-12H/b16-12+. The number of rotatable bonds is 4. The second-order valence-corrected chi connectivity index (χ2v) is 7.44. The Morgan fingerprint density at radius 2 is 1.68 bits per heavy atom. The van der Waals surface area contributed by atoms with Gasteiger partial charge >= 0.3 is 0 Å². The van der Waals surface area contributed by atoms with E-state index in [1.54, 1.807) is 54.6 Å². The van der Waals surface area contributed by atoms with Crippen LogP contribution >= 0.6 is 11.6 Å². The third-order valence-corrected chi connectivity index (χ3v) is 5.50. The van der Waals surface area contributed by atoms with Crippen molar-refractivity contribution in [1.82, 2.24) is 0 Å². The van der Waals surface area contributed by atoms with Crippen molar-refractivity contribution < 1.29 is 12.8 Å². The maximum Gasteiger partial charge on any atom is 0.216 e. The minimum absolute atomic E-state index is 0.0562. The summed E-state index contributed by atoms with van der Waals surface area (Å²) in [6, 6.07) is 19.9. The van der Waals surface area contributed by atoms with Gasteiger partial charge in [0.25, 0.3) is 0 Å². The van der Waals surface area contributed by atoms with E-state index in [-0.39, 0.29) is 10.7 Å². The number of hydrogen-bond acceptors (Lipinski definition) is 4. The van der Waals surface area contributed by atoms with E-state index in [0.717, 1.165) is 0 Å². The van der Waals surface area contributed by atoms with Gasteiger partial charge in [0.15, 0.2) is 4.91 Å². The van der Waals surface area contributed by atoms with Gasteiger partial charge in [-0.3, -0.25) is 0 Å². The second-order valence-electron chi connectivity index (χ2n) is 5.12. The molecule has 0 saturated heterocycles. The highest BCUT2D eigenvalue weighted by Gasteiger charge is 2.21. The molecule has 0 aliphatic rings. The molecule has 4 nitrogen and oxygen atoms in total. The maximum absolute atomic E-state index is 12.5. The van der Waals surface area contributed by atoms with E-state index in [1.807, 2.05) is 6.07 Å². The molecule has 1 aromatic heterocycles. The Balaban J connectivity index is 2.00. The SMILES string of the molecule is N#C/C(=C\c1ccc(-c2ccccc2Cl)o1)S(=O)(=O)c1ccccc1. The van der Waals surface area contributed by atoms with Crippen molar-refractivity contribution in [3.63, 3.8) is 0 Å². The predicted octanol–water partition coefficient (Wildman–Crippen LogP) is 4.94. The molecular weight excluding hydrogens is 358 g/mol. The third-order valence-electron chi connectivity index (χ3n) is 3.49. The molecule has 0 atom stereocenters. The van der Waals surface area contributed by atoms with Crippen molar-refractivity contribution in [3.8, 4) is 17.4 Å². The second kappa shape index (κ2) is 6.98. The van der Waals surface area contributed by atoms with Gasteiger partial charge in [-0.1, -0.05) is 41.9 Å². The Hall–Kier alpha value is -2.81. The first-order valence-electron chi connectivity index (χ1n) is 7.29. The van der Waals surface area contributed by atoms with E-state index in [4.69, 9.17) is 16.0 Å². The highest BCUT2D eigenvalue weighted by atomic mass is 35.5. The van der Waals surface area contributed by atoms with E-state index < -0.39 is 14.7 Å². The average Bonchev–Trinajstić information content (AvgIpc) is 3.09. The van der Waals surface area contributed by atoms with E-state index in [9.17, 15) is 13.7 Å². The summed E-state index contributed by atoms with van der Waals surface area (Å²) < 4.78 is 30.7. The molecule has 0 saturated carbocycles. The monoisotopic (exact) mass is 369 g/mol. The lowest BCUT2D eigenvalue weighted by Crippen LogP contribution is -2.03. The fourth-order valence-corrected chi connectivity index (χ4v) is 3.65. The molecule has 2 aromatic carbocycles. The number of nitrogens with zero attached hydrogens (tertiary/aromatic N) is 1. The summed E-state index contributed by atoms with van der Waals surface area (Å²) in [4.78, 5) is -0.334. The molecule has 3 aromatic rings. The van der Waals surface area contributed by atoms with Crippen molar-refractivity contribution in [2.24, 2.45) is 0 Å². The van der Waals surface area contributed by atoms with Gasteiger partial charge in [-0.05, 0) is 36.4 Å². The Kier molecular flexibility index (Phi) is 4.75. The Morgan fingerprint density at radius 3 is 2.36 bits per heavy atom. The summed E-state index contributed by atoms with van der Waals surface area (Å²) in [5.41, 5.74) is 0.688. The summed E-state index contributed by atoms with van der Waals surface area (Å²) in [6.07, 6.45) is 1.21. The molecule has 6 heteroatoms. The first-order chi connectivity index (χ1) is 12.0. The highest BCUT2D eigenvalue weighted by molar-refractivity contribution is 7.95. The zero-order valence-electron chi connectivity index (χ0n) is 12.9. The highest BCUT2D eigenvalue weighted by Crippen LogP contribution is 2.30. The van der Waals surface area contributed by atoms with Crippen molar-refractivity contribution >= 4 is 27.5 Å². The zero-order valence-corrected chi connectivity index (χ0v) is 14.5. The van der Waals surface area contributed by atoms with Crippen LogP contribution in [-0.2, 0) is 9.84 Å². The molecule has 124 valence electrons. The summed E-state index contributed by atoms with van der Waals surface area (Å²) >= 11 is 6.13. The molecule has 0 bridgehead atoms. The molecule has 0 aliphatic heterocycles. The summed E-state index contributed by atoms with van der Waals surface area (Å²) in [5, 5.41) is 9.81. The lowest BCUT2D eigenvalue weighted by molar-refractivity contribution is 0.571. The molecule has 0 fully saturated rings. The number of nitriles is 1. The molecule has 0 N–H and O–H groups in total. The molecule has 0 aliphatic carbocycles. The van der Waals surface area contributed by atoms with Crippen LogP contribution in [-0.4, -0.2) is 8.42 Å². The fourth-order valence-electron chi connectivity index (χ4n) is 2.26. The van der Waals surface area contributed by atoms with Crippen molar-refractivity contribution in [3.05, 3.63) is 82.4 Å². The van der Waals surface area contributed by atoms with Crippen molar-refractivity contribution in [2.75, 3.05) is 0 Å². The van der Waals surface area contributed by atoms with Gasteiger partial charge in [0.05, 0.1) is 9.92 Å². The van der Waals surface area contributed by atoms with Crippen LogP contribution in [0.2, 0.25) is 5.02 Å². The Morgan fingerprint density at radius 1 is 1.00 bits per heavy atom. The number of furan rings is 1. The predicted molar refractivity (Wildman–Crippen MR) is 96.4 cm³/mol. The smallest absolute Gasteiger partial charge is 0.216 e. The van der Waals surface area contributed by atoms with Crippen LogP contribution < -0.4 is 0 Å². The average molecular weight is 370 g/mol. The fraction of sp³-hybridized carbons (Fsp3) is 0. The topological polar surface area (TPSA) is 71.1 Å². The molecular formula is C19H12ClNO3S. The van der Waals surface area contributed by atoms with Gasteiger partial charge in [0.2, 0.25) is 9.84 Å². The minimum atomic E-state index is -3.90. The normalized spacial score (nSPS) is 11.9. The summed E-state index contributed by atoms with van der Waals surface area (Å²) in [6.45, 7) is 0. The molecule has 0 spiro atoms. The van der Waals surface area contributed by atoms with E-state index in [1.165, 1.54) is 18.2 Å². The van der Waals surface area contributed by atoms with Gasteiger partial charge in [0, 0.05) is 11.6 Å². The van der Waals surface area contributed by atoms with Gasteiger partial charge in [-0.2, -0.15) is 5.26 Å². The number of sulfone groups is 1. The maximum atomic E-state index is 12.5. The first kappa shape index (κ1) is 17.0. The van der Waals surface area contributed by atoms with E-state index in [0.29, 0.717) is 16.3 Å². The van der Waals surface area contributed by atoms with Crippen molar-refractivity contribution in [1.29, 1.82) is 5.26 Å². The van der Waals surface area contributed by atoms with Crippen LogP contribution in [0.1, 0.15) is 5.76 Å². The van der Waals surface area contributed by atoms with Gasteiger partial charge in [-0.15, -0.1) is 0 Å². The Labute approximate surface area is 150 Å². The Bertz CT molecular complexity index is 1080. The van der Waals surface area contributed by atoms with Crippen LogP contribution in [0.25, 0.3) is 17.4 Å². The molecule has 0 amide bonds. The van der Waals surface area contributed by atoms with Gasteiger partial charge in [-0.25, -0.2) is 8.42 Å². The molecule has 0 radical (unpaired) electrons. The van der Waals surface area contributed by atoms with Crippen LogP contribution in [0.15, 0.2) is 80.9 Å². The quantitative estimate of drug-likeness (QED) is 0.611. The molecule has 0 unspecified atom stereocenters. The summed E-state index contributed by atoms with van der Waals surface area (Å²) in [5.74, 6) is 0.747. The third kappa shape index (κ3) is 3.50. The van der Waals surface area contributed by atoms with Crippen LogP contribution in [0, 0.1) is 11.3 Å². The van der Waals surface area contributed by atoms with Crippen LogP contribution in [0.3, 0.4) is 0 Å². The number of halogens is 1. The molecule has 3 rings (SSSR count). The van der Waals surface area contributed by atoms with Gasteiger partial charge < -0.3 is 4.42 Å². The lowest BCUT2D eigenvalue weighted by Gasteiger charge is -2.02. The number of hydrogen-bond donors (Lipinski definition) is 0. The largest absolute Gasteiger partial charge is 0.457 e. The lowest BCUT2D eigenvalue weighted by atomic mass is 10.2. The van der Waals surface area contributed by atoms with Crippen molar-refractivity contribution in [2.45, 2.75) is 4.90 Å².